The van der Waals surface area contributed by atoms with E-state index in [0.29, 0.717) is 17.4 Å². The van der Waals surface area contributed by atoms with Crippen LogP contribution in [0.1, 0.15) is 18.9 Å². The summed E-state index contributed by atoms with van der Waals surface area (Å²) in [4.78, 5) is 4.03. The van der Waals surface area contributed by atoms with Gasteiger partial charge in [-0.3, -0.25) is 0 Å². The van der Waals surface area contributed by atoms with E-state index in [1.165, 1.54) is 6.20 Å². The van der Waals surface area contributed by atoms with E-state index in [9.17, 15) is 0 Å². The van der Waals surface area contributed by atoms with Crippen molar-refractivity contribution in [1.29, 1.82) is 0 Å². The van der Waals surface area contributed by atoms with Crippen LogP contribution in [-0.2, 0) is 0 Å². The predicted octanol–water partition coefficient (Wildman–Crippen LogP) is -0.126. The van der Waals surface area contributed by atoms with Crippen LogP contribution in [0.4, 0.5) is 0 Å². The lowest BCUT2D eigenvalue weighted by molar-refractivity contribution is 0.362. The highest BCUT2D eigenvalue weighted by molar-refractivity contribution is 5.44. The van der Waals surface area contributed by atoms with Crippen molar-refractivity contribution in [3.05, 3.63) is 12.1 Å². The third kappa shape index (κ3) is 1.41. The molecule has 2 aromatic heterocycles. The van der Waals surface area contributed by atoms with Crippen molar-refractivity contribution >= 4 is 0 Å². The smallest absolute Gasteiger partial charge is 0.243 e. The quantitative estimate of drug-likeness (QED) is 0.666. The molecule has 0 aliphatic rings. The first kappa shape index (κ1) is 7.87. The molecule has 7 heteroatoms. The predicted molar refractivity (Wildman–Crippen MR) is 42.3 cm³/mol. The van der Waals surface area contributed by atoms with E-state index in [4.69, 9.17) is 10.3 Å². The molecule has 0 aliphatic heterocycles. The summed E-state index contributed by atoms with van der Waals surface area (Å²) in [6, 6.07) is -0.270. The van der Waals surface area contributed by atoms with Crippen LogP contribution in [0.5, 0.6) is 0 Å². The van der Waals surface area contributed by atoms with E-state index in [-0.39, 0.29) is 6.04 Å². The van der Waals surface area contributed by atoms with Gasteiger partial charge in [-0.2, -0.15) is 20.4 Å². The van der Waals surface area contributed by atoms with Crippen molar-refractivity contribution in [1.82, 2.24) is 25.6 Å². The summed E-state index contributed by atoms with van der Waals surface area (Å²) in [6.07, 6.45) is 1.51. The maximum Gasteiger partial charge on any atom is 0.243 e. The maximum atomic E-state index is 5.54. The Morgan fingerprint density at radius 3 is 3.00 bits per heavy atom. The molecule has 68 valence electrons. The Bertz CT molecular complexity index is 377. The highest BCUT2D eigenvalue weighted by Crippen LogP contribution is 2.13. The largest absolute Gasteiger partial charge is 0.337 e. The zero-order valence-corrected chi connectivity index (χ0v) is 6.93. The van der Waals surface area contributed by atoms with Gasteiger partial charge in [-0.25, -0.2) is 0 Å². The van der Waals surface area contributed by atoms with Gasteiger partial charge in [0.1, 0.15) is 0 Å². The number of nitrogens with two attached hydrogens (primary N) is 1. The minimum absolute atomic E-state index is 0.270. The van der Waals surface area contributed by atoms with Crippen molar-refractivity contribution in [2.45, 2.75) is 13.0 Å². The fourth-order valence-electron chi connectivity index (χ4n) is 0.834. The molecule has 0 fully saturated rings. The van der Waals surface area contributed by atoms with Gasteiger partial charge in [0.2, 0.25) is 11.7 Å². The minimum Gasteiger partial charge on any atom is -0.337 e. The number of hydrogen-bond acceptors (Lipinski definition) is 6. The van der Waals surface area contributed by atoms with Crippen LogP contribution in [0, 0.1) is 0 Å². The normalized spacial score (nSPS) is 13.1. The fourth-order valence-corrected chi connectivity index (χ4v) is 0.834. The van der Waals surface area contributed by atoms with Crippen LogP contribution in [0.2, 0.25) is 0 Å². The molecule has 2 aromatic rings. The molecule has 2 heterocycles. The zero-order chi connectivity index (χ0) is 9.26. The number of H-pyrrole nitrogens is 1. The van der Waals surface area contributed by atoms with E-state index in [2.05, 4.69) is 25.6 Å². The molecule has 0 spiro atoms. The standard InChI is InChI=1S/C6H8N6O/c1-3(7)6-9-5(11-13-6)4-2-8-12-10-4/h2-3H,7H2,1H3,(H,8,10,12). The van der Waals surface area contributed by atoms with Crippen LogP contribution in [0.15, 0.2) is 10.7 Å². The second-order valence-corrected chi connectivity index (χ2v) is 2.60. The molecule has 1 atom stereocenters. The number of aromatic nitrogens is 5. The monoisotopic (exact) mass is 180 g/mol. The van der Waals surface area contributed by atoms with Crippen LogP contribution >= 0.6 is 0 Å². The lowest BCUT2D eigenvalue weighted by atomic mass is 10.4. The molecular weight excluding hydrogens is 172 g/mol. The van der Waals surface area contributed by atoms with E-state index < -0.39 is 0 Å². The molecule has 1 unspecified atom stereocenters. The number of nitrogens with zero attached hydrogens (tertiary/aromatic N) is 4. The Labute approximate surface area is 73.3 Å². The molecule has 7 nitrogen and oxygen atoms in total. The fraction of sp³-hybridized carbons (Fsp3) is 0.333. The molecule has 2 rings (SSSR count). The highest BCUT2D eigenvalue weighted by Gasteiger charge is 2.12. The lowest BCUT2D eigenvalue weighted by Gasteiger charge is -1.92. The summed E-state index contributed by atoms with van der Waals surface area (Å²) in [5.41, 5.74) is 6.08. The first-order chi connectivity index (χ1) is 6.27. The Balaban J connectivity index is 2.33. The van der Waals surface area contributed by atoms with E-state index in [1.807, 2.05) is 0 Å². The van der Waals surface area contributed by atoms with Crippen molar-refractivity contribution in [3.63, 3.8) is 0 Å². The average molecular weight is 180 g/mol. The summed E-state index contributed by atoms with van der Waals surface area (Å²) in [5, 5.41) is 13.6. The van der Waals surface area contributed by atoms with Gasteiger partial charge in [0.15, 0.2) is 5.69 Å². The van der Waals surface area contributed by atoms with Crippen LogP contribution in [0.3, 0.4) is 0 Å². The summed E-state index contributed by atoms with van der Waals surface area (Å²) in [6.45, 7) is 1.76. The van der Waals surface area contributed by atoms with Crippen LogP contribution < -0.4 is 5.73 Å². The molecule has 0 aliphatic carbocycles. The Morgan fingerprint density at radius 2 is 2.46 bits per heavy atom. The SMILES string of the molecule is CC(N)c1nc(-c2cn[nH]n2)no1. The number of aromatic amines is 1. The molecule has 0 radical (unpaired) electrons. The third-order valence-corrected chi connectivity index (χ3v) is 1.48. The lowest BCUT2D eigenvalue weighted by Crippen LogP contribution is -2.04. The molecule has 3 N–H and O–H groups in total. The first-order valence-corrected chi connectivity index (χ1v) is 3.72. The summed E-state index contributed by atoms with van der Waals surface area (Å²) in [5.74, 6) is 0.777. The first-order valence-electron chi connectivity index (χ1n) is 3.72. The highest BCUT2D eigenvalue weighted by atomic mass is 16.5. The molecule has 0 saturated heterocycles. The van der Waals surface area contributed by atoms with Crippen molar-refractivity contribution < 1.29 is 4.52 Å². The Hall–Kier alpha value is -1.76. The van der Waals surface area contributed by atoms with Crippen molar-refractivity contribution in [3.8, 4) is 11.5 Å². The van der Waals surface area contributed by atoms with Gasteiger partial charge in [-0.1, -0.05) is 5.16 Å². The second kappa shape index (κ2) is 2.94. The summed E-state index contributed by atoms with van der Waals surface area (Å²) >= 11 is 0. The number of rotatable bonds is 2. The van der Waals surface area contributed by atoms with Crippen LogP contribution in [0.25, 0.3) is 11.5 Å². The average Bonchev–Trinajstić information content (AvgIpc) is 2.75. The molecule has 0 amide bonds. The minimum atomic E-state index is -0.270. The molecule has 0 saturated carbocycles. The second-order valence-electron chi connectivity index (χ2n) is 2.60. The van der Waals surface area contributed by atoms with E-state index in [0.717, 1.165) is 0 Å². The van der Waals surface area contributed by atoms with Gasteiger partial charge in [-0.15, -0.1) is 0 Å². The topological polar surface area (TPSA) is 107 Å². The van der Waals surface area contributed by atoms with Crippen LogP contribution in [-0.4, -0.2) is 25.6 Å². The number of hydrogen-bond donors (Lipinski definition) is 2. The molecule has 13 heavy (non-hydrogen) atoms. The van der Waals surface area contributed by atoms with Crippen molar-refractivity contribution in [2.24, 2.45) is 5.73 Å². The van der Waals surface area contributed by atoms with Gasteiger partial charge in [0.05, 0.1) is 12.2 Å². The molecule has 0 bridgehead atoms. The van der Waals surface area contributed by atoms with E-state index >= 15 is 0 Å². The Kier molecular flexibility index (Phi) is 1.78. The van der Waals surface area contributed by atoms with Gasteiger partial charge >= 0.3 is 0 Å². The van der Waals surface area contributed by atoms with Gasteiger partial charge < -0.3 is 10.3 Å². The van der Waals surface area contributed by atoms with Crippen molar-refractivity contribution in [2.75, 3.05) is 0 Å². The third-order valence-electron chi connectivity index (χ3n) is 1.48. The van der Waals surface area contributed by atoms with Gasteiger partial charge in [-0.05, 0) is 6.92 Å². The Morgan fingerprint density at radius 1 is 1.62 bits per heavy atom. The maximum absolute atomic E-state index is 5.54. The van der Waals surface area contributed by atoms with E-state index in [1.54, 1.807) is 6.92 Å². The van der Waals surface area contributed by atoms with Gasteiger partial charge in [0, 0.05) is 0 Å². The summed E-state index contributed by atoms with van der Waals surface area (Å²) in [7, 11) is 0. The summed E-state index contributed by atoms with van der Waals surface area (Å²) < 4.78 is 4.88. The number of nitrogens with one attached hydrogen (secondary N) is 1. The van der Waals surface area contributed by atoms with Gasteiger partial charge in [0.25, 0.3) is 0 Å². The zero-order valence-electron chi connectivity index (χ0n) is 6.93. The molecule has 0 aromatic carbocycles. The molecular formula is C6H8N6O.